The number of hydrogen-bond acceptors (Lipinski definition) is 6. The third kappa shape index (κ3) is 9.66. The molecule has 3 N–H and O–H groups in total. The molecule has 1 aromatic carbocycles. The molecule has 4 amide bonds. The zero-order chi connectivity index (χ0) is 35.1. The van der Waals surface area contributed by atoms with Crippen LogP contribution in [0.25, 0.3) is 0 Å². The smallest absolute Gasteiger partial charge is 0.249 e. The van der Waals surface area contributed by atoms with Crippen molar-refractivity contribution in [3.05, 3.63) is 47.5 Å². The van der Waals surface area contributed by atoms with Gasteiger partial charge in [-0.15, -0.1) is 0 Å². The van der Waals surface area contributed by atoms with Crippen molar-refractivity contribution in [3.8, 4) is 0 Å². The van der Waals surface area contributed by atoms with Gasteiger partial charge in [0.2, 0.25) is 23.6 Å². The van der Waals surface area contributed by atoms with Crippen LogP contribution in [0.15, 0.2) is 42.0 Å². The lowest BCUT2D eigenvalue weighted by Crippen LogP contribution is -2.60. The van der Waals surface area contributed by atoms with E-state index in [-0.39, 0.29) is 48.2 Å². The van der Waals surface area contributed by atoms with Crippen LogP contribution in [0.4, 0.5) is 0 Å². The van der Waals surface area contributed by atoms with Crippen LogP contribution >= 0.6 is 0 Å². The van der Waals surface area contributed by atoms with Crippen molar-refractivity contribution in [1.29, 1.82) is 0 Å². The van der Waals surface area contributed by atoms with Crippen molar-refractivity contribution in [2.45, 2.75) is 124 Å². The standard InChI is InChI=1S/C37H59N5O5/c1-24(2)31(40(9)36(47)32(37(6,7)8)39-34(45)29-18-13-14-20-41(29)25(3)4)22-26(5)35(46)42-21-15-19-30(42)33(44)38-28(23-43)27-16-11-10-12-17-27/h10-12,16-17,22,24-25,28-32,43H,13-15,18-21,23H2,1-9H3,(H,38,44)(H,39,45)/b26-22+. The van der Waals surface area contributed by atoms with Gasteiger partial charge in [-0.2, -0.15) is 0 Å². The Balaban J connectivity index is 1.77. The van der Waals surface area contributed by atoms with E-state index in [4.69, 9.17) is 0 Å². The highest BCUT2D eigenvalue weighted by Gasteiger charge is 2.40. The molecule has 0 bridgehead atoms. The molecule has 5 unspecified atom stereocenters. The van der Waals surface area contributed by atoms with Crippen LogP contribution in [0.2, 0.25) is 0 Å². The van der Waals surface area contributed by atoms with Gasteiger partial charge in [0.15, 0.2) is 0 Å². The van der Waals surface area contributed by atoms with Crippen LogP contribution in [-0.2, 0) is 19.2 Å². The number of likely N-dealkylation sites (tertiary alicyclic amines) is 2. The minimum Gasteiger partial charge on any atom is -0.394 e. The lowest BCUT2D eigenvalue weighted by Gasteiger charge is -2.41. The van der Waals surface area contributed by atoms with E-state index >= 15 is 0 Å². The zero-order valence-corrected chi connectivity index (χ0v) is 30.1. The van der Waals surface area contributed by atoms with Crippen molar-refractivity contribution in [2.24, 2.45) is 11.3 Å². The van der Waals surface area contributed by atoms with Gasteiger partial charge in [-0.25, -0.2) is 0 Å². The van der Waals surface area contributed by atoms with Gasteiger partial charge in [0, 0.05) is 25.2 Å². The molecule has 0 aliphatic carbocycles. The van der Waals surface area contributed by atoms with Crippen LogP contribution in [0.3, 0.4) is 0 Å². The Morgan fingerprint density at radius 3 is 2.13 bits per heavy atom. The molecule has 0 aromatic heterocycles. The lowest BCUT2D eigenvalue weighted by molar-refractivity contribution is -0.142. The summed E-state index contributed by atoms with van der Waals surface area (Å²) in [5.41, 5.74) is 0.705. The zero-order valence-electron chi connectivity index (χ0n) is 30.1. The number of aliphatic hydroxyl groups is 1. The number of nitrogens with one attached hydrogen (secondary N) is 2. The summed E-state index contributed by atoms with van der Waals surface area (Å²) in [5, 5.41) is 16.0. The van der Waals surface area contributed by atoms with Gasteiger partial charge in [-0.1, -0.05) is 77.4 Å². The molecule has 10 heteroatoms. The molecule has 3 rings (SSSR count). The Labute approximate surface area is 282 Å². The number of likely N-dealkylation sites (N-methyl/N-ethyl adjacent to an activating group) is 1. The average Bonchev–Trinajstić information content (AvgIpc) is 3.53. The largest absolute Gasteiger partial charge is 0.394 e. The van der Waals surface area contributed by atoms with E-state index in [1.54, 1.807) is 23.8 Å². The van der Waals surface area contributed by atoms with Gasteiger partial charge in [0.05, 0.1) is 24.7 Å². The number of nitrogens with zero attached hydrogens (tertiary/aromatic N) is 3. The van der Waals surface area contributed by atoms with Crippen molar-refractivity contribution in [3.63, 3.8) is 0 Å². The van der Waals surface area contributed by atoms with Gasteiger partial charge in [-0.05, 0) is 69.9 Å². The highest BCUT2D eigenvalue weighted by Crippen LogP contribution is 2.27. The van der Waals surface area contributed by atoms with E-state index in [1.807, 2.05) is 71.0 Å². The molecule has 0 spiro atoms. The maximum Gasteiger partial charge on any atom is 0.249 e. The van der Waals surface area contributed by atoms with Gasteiger partial charge in [-0.3, -0.25) is 24.1 Å². The third-order valence-electron chi connectivity index (χ3n) is 9.66. The molecule has 0 saturated carbocycles. The average molecular weight is 654 g/mol. The van der Waals surface area contributed by atoms with E-state index in [0.717, 1.165) is 31.4 Å². The number of carbonyl (C=O) groups excluding carboxylic acids is 4. The summed E-state index contributed by atoms with van der Waals surface area (Å²) in [5.74, 6) is -0.885. The monoisotopic (exact) mass is 653 g/mol. The van der Waals surface area contributed by atoms with E-state index in [2.05, 4.69) is 29.4 Å². The quantitative estimate of drug-likeness (QED) is 0.293. The SMILES string of the molecule is C/C(=C\C(C(C)C)N(C)C(=O)C(NC(=O)C1CCCCN1C(C)C)C(C)(C)C)C(=O)N1CCCC1C(=O)NC(CO)c1ccccc1. The topological polar surface area (TPSA) is 122 Å². The fourth-order valence-corrected chi connectivity index (χ4v) is 6.87. The summed E-state index contributed by atoms with van der Waals surface area (Å²) in [6.45, 7) is 16.9. The van der Waals surface area contributed by atoms with Gasteiger partial charge < -0.3 is 25.5 Å². The highest BCUT2D eigenvalue weighted by atomic mass is 16.3. The number of carbonyl (C=O) groups is 4. The van der Waals surface area contributed by atoms with Gasteiger partial charge in [0.25, 0.3) is 0 Å². The van der Waals surface area contributed by atoms with Crippen LogP contribution in [-0.4, -0.2) is 100 Å². The fraction of sp³-hybridized carbons (Fsp3) is 0.676. The maximum absolute atomic E-state index is 14.2. The Morgan fingerprint density at radius 1 is 0.936 bits per heavy atom. The first-order valence-electron chi connectivity index (χ1n) is 17.4. The summed E-state index contributed by atoms with van der Waals surface area (Å²) >= 11 is 0. The number of rotatable bonds is 12. The summed E-state index contributed by atoms with van der Waals surface area (Å²) in [4.78, 5) is 60.4. The molecule has 1 aromatic rings. The summed E-state index contributed by atoms with van der Waals surface area (Å²) in [6.07, 6.45) is 5.87. The fourth-order valence-electron chi connectivity index (χ4n) is 6.87. The minimum absolute atomic E-state index is 0.0216. The molecule has 2 heterocycles. The van der Waals surface area contributed by atoms with E-state index in [9.17, 15) is 24.3 Å². The minimum atomic E-state index is -0.752. The first-order valence-corrected chi connectivity index (χ1v) is 17.4. The normalized spacial score (nSPS) is 21.4. The number of aliphatic hydroxyl groups excluding tert-OH is 1. The molecule has 2 saturated heterocycles. The summed E-state index contributed by atoms with van der Waals surface area (Å²) in [6, 6.07) is 6.86. The molecule has 2 aliphatic heterocycles. The molecule has 5 atom stereocenters. The number of amides is 4. The summed E-state index contributed by atoms with van der Waals surface area (Å²) in [7, 11) is 1.73. The highest BCUT2D eigenvalue weighted by molar-refractivity contribution is 5.97. The van der Waals surface area contributed by atoms with E-state index in [0.29, 0.717) is 25.0 Å². The van der Waals surface area contributed by atoms with Crippen LogP contribution in [0.5, 0.6) is 0 Å². The number of benzene rings is 1. The van der Waals surface area contributed by atoms with Crippen LogP contribution < -0.4 is 10.6 Å². The number of piperidine rings is 1. The second kappa shape index (κ2) is 16.7. The Bertz CT molecular complexity index is 1260. The predicted molar refractivity (Wildman–Crippen MR) is 185 cm³/mol. The first-order chi connectivity index (χ1) is 22.1. The second-order valence-corrected chi connectivity index (χ2v) is 15.0. The Kier molecular flexibility index (Phi) is 13.6. The molecule has 2 aliphatic rings. The molecule has 2 fully saturated rings. The molecule has 0 radical (unpaired) electrons. The van der Waals surface area contributed by atoms with Gasteiger partial charge in [0.1, 0.15) is 12.1 Å². The Hall–Kier alpha value is -3.24. The van der Waals surface area contributed by atoms with Crippen LogP contribution in [0.1, 0.15) is 99.1 Å². The lowest BCUT2D eigenvalue weighted by atomic mass is 9.84. The molecule has 262 valence electrons. The first kappa shape index (κ1) is 38.2. The van der Waals surface area contributed by atoms with Crippen molar-refractivity contribution < 1.29 is 24.3 Å². The van der Waals surface area contributed by atoms with Crippen molar-refractivity contribution in [1.82, 2.24) is 25.3 Å². The molecule has 47 heavy (non-hydrogen) atoms. The van der Waals surface area contributed by atoms with Crippen LogP contribution in [0, 0.1) is 11.3 Å². The van der Waals surface area contributed by atoms with E-state index < -0.39 is 29.6 Å². The number of hydrogen-bond donors (Lipinski definition) is 3. The van der Waals surface area contributed by atoms with E-state index in [1.165, 1.54) is 0 Å². The maximum atomic E-state index is 14.2. The Morgan fingerprint density at radius 2 is 1.55 bits per heavy atom. The van der Waals surface area contributed by atoms with Crippen molar-refractivity contribution in [2.75, 3.05) is 26.7 Å². The third-order valence-corrected chi connectivity index (χ3v) is 9.66. The predicted octanol–water partition coefficient (Wildman–Crippen LogP) is 4.05. The van der Waals surface area contributed by atoms with Gasteiger partial charge >= 0.3 is 0 Å². The molecule has 10 nitrogen and oxygen atoms in total. The second-order valence-electron chi connectivity index (χ2n) is 15.0. The summed E-state index contributed by atoms with van der Waals surface area (Å²) < 4.78 is 0. The van der Waals surface area contributed by atoms with Crippen molar-refractivity contribution >= 4 is 23.6 Å². The molecular weight excluding hydrogens is 594 g/mol. The molecular formula is C37H59N5O5.